The first kappa shape index (κ1) is 12.6. The molecule has 0 atom stereocenters. The highest BCUT2D eigenvalue weighted by Gasteiger charge is 2.31. The van der Waals surface area contributed by atoms with Gasteiger partial charge in [0.15, 0.2) is 0 Å². The van der Waals surface area contributed by atoms with Crippen LogP contribution in [-0.2, 0) is 0 Å². The van der Waals surface area contributed by atoms with E-state index in [-0.39, 0.29) is 0 Å². The molecule has 1 aliphatic rings. The fourth-order valence-corrected chi connectivity index (χ4v) is 2.31. The van der Waals surface area contributed by atoms with Gasteiger partial charge in [0, 0.05) is 6.54 Å². The Kier molecular flexibility index (Phi) is 3.84. The third kappa shape index (κ3) is 3.54. The maximum absolute atomic E-state index is 10.4. The summed E-state index contributed by atoms with van der Waals surface area (Å²) in [7, 11) is 0. The van der Waals surface area contributed by atoms with Crippen LogP contribution in [-0.4, -0.2) is 27.2 Å². The highest BCUT2D eigenvalue weighted by atomic mass is 35.5. The SMILES string of the molecule is CC1CCC(O)(CNc2cncc(Cl)n2)CC1. The molecule has 0 unspecified atom stereocenters. The number of halogens is 1. The summed E-state index contributed by atoms with van der Waals surface area (Å²) < 4.78 is 0. The summed E-state index contributed by atoms with van der Waals surface area (Å²) in [6.45, 7) is 2.74. The molecule has 1 heterocycles. The highest BCUT2D eigenvalue weighted by molar-refractivity contribution is 6.29. The molecular weight excluding hydrogens is 238 g/mol. The molecule has 1 aromatic rings. The molecule has 5 heteroatoms. The van der Waals surface area contributed by atoms with Crippen LogP contribution in [0.3, 0.4) is 0 Å². The number of aromatic nitrogens is 2. The first-order valence-electron chi connectivity index (χ1n) is 6.01. The lowest BCUT2D eigenvalue weighted by Gasteiger charge is -2.35. The fraction of sp³-hybridized carbons (Fsp3) is 0.667. The Labute approximate surface area is 106 Å². The van der Waals surface area contributed by atoms with Gasteiger partial charge in [0.25, 0.3) is 0 Å². The van der Waals surface area contributed by atoms with Crippen molar-refractivity contribution in [2.75, 3.05) is 11.9 Å². The average Bonchev–Trinajstić information content (AvgIpc) is 2.31. The highest BCUT2D eigenvalue weighted by Crippen LogP contribution is 2.31. The Bertz CT molecular complexity index is 378. The van der Waals surface area contributed by atoms with E-state index in [0.29, 0.717) is 17.5 Å². The summed E-state index contributed by atoms with van der Waals surface area (Å²) in [5.74, 6) is 1.34. The van der Waals surface area contributed by atoms with Gasteiger partial charge in [-0.15, -0.1) is 0 Å². The molecule has 4 nitrogen and oxygen atoms in total. The van der Waals surface area contributed by atoms with Gasteiger partial charge in [-0.05, 0) is 31.6 Å². The lowest BCUT2D eigenvalue weighted by Crippen LogP contribution is -2.40. The Morgan fingerprint density at radius 1 is 1.47 bits per heavy atom. The first-order valence-corrected chi connectivity index (χ1v) is 6.39. The van der Waals surface area contributed by atoms with E-state index in [0.717, 1.165) is 31.6 Å². The van der Waals surface area contributed by atoms with Gasteiger partial charge in [0.05, 0.1) is 18.0 Å². The average molecular weight is 256 g/mol. The Morgan fingerprint density at radius 2 is 2.18 bits per heavy atom. The summed E-state index contributed by atoms with van der Waals surface area (Å²) in [6, 6.07) is 0. The minimum atomic E-state index is -0.615. The van der Waals surface area contributed by atoms with Crippen LogP contribution in [0.5, 0.6) is 0 Å². The zero-order valence-electron chi connectivity index (χ0n) is 9.99. The number of anilines is 1. The van der Waals surface area contributed by atoms with Crippen LogP contribution in [0.15, 0.2) is 12.4 Å². The third-order valence-electron chi connectivity index (χ3n) is 3.41. The molecule has 0 spiro atoms. The summed E-state index contributed by atoms with van der Waals surface area (Å²) in [5, 5.41) is 13.8. The summed E-state index contributed by atoms with van der Waals surface area (Å²) >= 11 is 5.74. The van der Waals surface area contributed by atoms with Crippen LogP contribution in [0.25, 0.3) is 0 Å². The normalized spacial score (nSPS) is 29.0. The number of hydrogen-bond acceptors (Lipinski definition) is 4. The van der Waals surface area contributed by atoms with Crippen LogP contribution in [0.4, 0.5) is 5.82 Å². The lowest BCUT2D eigenvalue weighted by atomic mass is 9.79. The summed E-state index contributed by atoms with van der Waals surface area (Å²) in [4.78, 5) is 8.03. The van der Waals surface area contributed by atoms with Gasteiger partial charge >= 0.3 is 0 Å². The van der Waals surface area contributed by atoms with Crippen molar-refractivity contribution >= 4 is 17.4 Å². The molecule has 17 heavy (non-hydrogen) atoms. The molecule has 1 fully saturated rings. The summed E-state index contributed by atoms with van der Waals surface area (Å²) in [6.07, 6.45) is 6.95. The van der Waals surface area contributed by atoms with E-state index >= 15 is 0 Å². The van der Waals surface area contributed by atoms with Gasteiger partial charge in [-0.3, -0.25) is 4.98 Å². The predicted molar refractivity (Wildman–Crippen MR) is 68.1 cm³/mol. The smallest absolute Gasteiger partial charge is 0.149 e. The first-order chi connectivity index (χ1) is 8.07. The van der Waals surface area contributed by atoms with E-state index in [1.54, 1.807) is 6.20 Å². The van der Waals surface area contributed by atoms with E-state index in [2.05, 4.69) is 22.2 Å². The van der Waals surface area contributed by atoms with Crippen molar-refractivity contribution in [2.45, 2.75) is 38.2 Å². The summed E-state index contributed by atoms with van der Waals surface area (Å²) in [5.41, 5.74) is -0.615. The van der Waals surface area contributed by atoms with Crippen molar-refractivity contribution < 1.29 is 5.11 Å². The third-order valence-corrected chi connectivity index (χ3v) is 3.59. The molecule has 0 radical (unpaired) electrons. The van der Waals surface area contributed by atoms with Gasteiger partial charge in [-0.25, -0.2) is 4.98 Å². The fourth-order valence-electron chi connectivity index (χ4n) is 2.16. The van der Waals surface area contributed by atoms with Gasteiger partial charge < -0.3 is 10.4 Å². The Hall–Kier alpha value is -0.870. The van der Waals surface area contributed by atoms with Crippen molar-refractivity contribution in [3.05, 3.63) is 17.5 Å². The molecule has 2 N–H and O–H groups in total. The molecular formula is C12H18ClN3O. The van der Waals surface area contributed by atoms with Crippen molar-refractivity contribution in [3.8, 4) is 0 Å². The maximum atomic E-state index is 10.4. The van der Waals surface area contributed by atoms with E-state index in [1.807, 2.05) is 0 Å². The second-order valence-corrected chi connectivity index (χ2v) is 5.37. The molecule has 1 aromatic heterocycles. The van der Waals surface area contributed by atoms with E-state index < -0.39 is 5.60 Å². The van der Waals surface area contributed by atoms with Gasteiger partial charge in [-0.1, -0.05) is 18.5 Å². The van der Waals surface area contributed by atoms with Crippen molar-refractivity contribution in [3.63, 3.8) is 0 Å². The largest absolute Gasteiger partial charge is 0.388 e. The van der Waals surface area contributed by atoms with Crippen molar-refractivity contribution in [2.24, 2.45) is 5.92 Å². The van der Waals surface area contributed by atoms with E-state index in [4.69, 9.17) is 11.6 Å². The topological polar surface area (TPSA) is 58.0 Å². The van der Waals surface area contributed by atoms with Crippen molar-refractivity contribution in [1.82, 2.24) is 9.97 Å². The molecule has 0 aliphatic heterocycles. The maximum Gasteiger partial charge on any atom is 0.149 e. The molecule has 94 valence electrons. The number of aliphatic hydroxyl groups is 1. The van der Waals surface area contributed by atoms with Crippen LogP contribution in [0.2, 0.25) is 5.15 Å². The number of nitrogens with one attached hydrogen (secondary N) is 1. The molecule has 1 saturated carbocycles. The second-order valence-electron chi connectivity index (χ2n) is 4.99. The van der Waals surface area contributed by atoms with Crippen LogP contribution in [0, 0.1) is 5.92 Å². The Morgan fingerprint density at radius 3 is 2.82 bits per heavy atom. The van der Waals surface area contributed by atoms with Crippen LogP contribution >= 0.6 is 11.6 Å². The zero-order valence-corrected chi connectivity index (χ0v) is 10.7. The van der Waals surface area contributed by atoms with Gasteiger partial charge in [-0.2, -0.15) is 0 Å². The van der Waals surface area contributed by atoms with Crippen LogP contribution in [0.1, 0.15) is 32.6 Å². The standard InChI is InChI=1S/C12H18ClN3O/c1-9-2-4-12(17,5-3-9)8-15-11-7-14-6-10(13)16-11/h6-7,9,17H,2-5,8H2,1H3,(H,15,16). The van der Waals surface area contributed by atoms with E-state index in [9.17, 15) is 5.11 Å². The molecule has 0 bridgehead atoms. The molecule has 2 rings (SSSR count). The zero-order chi connectivity index (χ0) is 12.3. The number of rotatable bonds is 3. The minimum absolute atomic E-state index is 0.360. The van der Waals surface area contributed by atoms with Gasteiger partial charge in [0.1, 0.15) is 11.0 Å². The van der Waals surface area contributed by atoms with Crippen molar-refractivity contribution in [1.29, 1.82) is 0 Å². The van der Waals surface area contributed by atoms with Crippen LogP contribution < -0.4 is 5.32 Å². The molecule has 0 saturated heterocycles. The van der Waals surface area contributed by atoms with Gasteiger partial charge in [0.2, 0.25) is 0 Å². The number of hydrogen-bond donors (Lipinski definition) is 2. The van der Waals surface area contributed by atoms with E-state index in [1.165, 1.54) is 6.20 Å². The quantitative estimate of drug-likeness (QED) is 0.871. The molecule has 0 amide bonds. The second kappa shape index (κ2) is 5.19. The minimum Gasteiger partial charge on any atom is -0.388 e. The number of nitrogens with zero attached hydrogens (tertiary/aromatic N) is 2. The monoisotopic (exact) mass is 255 g/mol. The predicted octanol–water partition coefficient (Wildman–Crippen LogP) is 2.48. The molecule has 1 aliphatic carbocycles. The molecule has 0 aromatic carbocycles. The lowest BCUT2D eigenvalue weighted by molar-refractivity contribution is 0.00494. The Balaban J connectivity index is 1.89.